The van der Waals surface area contributed by atoms with E-state index in [1.54, 1.807) is 0 Å². The van der Waals surface area contributed by atoms with Gasteiger partial charge in [-0.1, -0.05) is 48.5 Å². The Morgan fingerprint density at radius 1 is 0.848 bits per heavy atom. The number of rotatable bonds is 4. The van der Waals surface area contributed by atoms with E-state index >= 15 is 0 Å². The number of nitro groups is 2. The molecule has 33 heavy (non-hydrogen) atoms. The summed E-state index contributed by atoms with van der Waals surface area (Å²) in [7, 11) is 0. The molecule has 0 bridgehead atoms. The van der Waals surface area contributed by atoms with E-state index in [0.717, 1.165) is 63.7 Å². The zero-order valence-electron chi connectivity index (χ0n) is 17.5. The molecule has 5 rings (SSSR count). The average molecular weight is 441 g/mol. The first-order chi connectivity index (χ1) is 15.9. The molecule has 0 heterocycles. The molecule has 1 aliphatic rings. The molecule has 1 atom stereocenters. The van der Waals surface area contributed by atoms with Crippen LogP contribution in [0.3, 0.4) is 0 Å². The van der Waals surface area contributed by atoms with Gasteiger partial charge in [-0.25, -0.2) is 0 Å². The molecule has 0 saturated heterocycles. The third-order valence-corrected chi connectivity index (χ3v) is 6.24. The summed E-state index contributed by atoms with van der Waals surface area (Å²) in [6, 6.07) is 19.2. The van der Waals surface area contributed by atoms with Crippen LogP contribution in [0.2, 0.25) is 0 Å². The minimum atomic E-state index is -0.738. The van der Waals surface area contributed by atoms with Crippen LogP contribution in [0.5, 0.6) is 0 Å². The van der Waals surface area contributed by atoms with E-state index in [2.05, 4.69) is 41.7 Å². The molecule has 8 nitrogen and oxygen atoms in total. The predicted molar refractivity (Wildman–Crippen MR) is 124 cm³/mol. The lowest BCUT2D eigenvalue weighted by atomic mass is 9.83. The Labute approximate surface area is 188 Å². The maximum Gasteiger partial charge on any atom is 0.277 e. The first kappa shape index (κ1) is 20.6. The third kappa shape index (κ3) is 3.65. The lowest BCUT2D eigenvalue weighted by molar-refractivity contribution is -0.394. The summed E-state index contributed by atoms with van der Waals surface area (Å²) in [6.45, 7) is 0. The topological polar surface area (TPSA) is 115 Å². The second-order valence-corrected chi connectivity index (χ2v) is 8.19. The third-order valence-electron chi connectivity index (χ3n) is 6.24. The van der Waals surface area contributed by atoms with Crippen molar-refractivity contribution in [2.45, 2.75) is 25.3 Å². The zero-order chi connectivity index (χ0) is 23.1. The quantitative estimate of drug-likeness (QED) is 0.251. The first-order valence-electron chi connectivity index (χ1n) is 10.6. The van der Waals surface area contributed by atoms with E-state index in [1.807, 2.05) is 12.1 Å². The maximum atomic E-state index is 13.1. The Morgan fingerprint density at radius 3 is 2.27 bits per heavy atom. The normalized spacial score (nSPS) is 15.2. The van der Waals surface area contributed by atoms with Crippen LogP contribution in [0.15, 0.2) is 66.7 Å². The highest BCUT2D eigenvalue weighted by Crippen LogP contribution is 2.38. The van der Waals surface area contributed by atoms with Gasteiger partial charge in [0.25, 0.3) is 17.3 Å². The zero-order valence-corrected chi connectivity index (χ0v) is 17.5. The smallest absolute Gasteiger partial charge is 0.277 e. The standard InChI is InChI=1S/C25H19N3O5/c29-25(17-12-18(27(30)31)14-19(13-17)28(32)33)26-23-7-3-5-16-9-10-21-20-6-2-1-4-15(20)8-11-22(21)24(16)23/h1-2,4,6,8-14,23H,3,5,7H2,(H,26,29). The van der Waals surface area contributed by atoms with Crippen molar-refractivity contribution >= 4 is 38.8 Å². The predicted octanol–water partition coefficient (Wildman–Crippen LogP) is 5.62. The van der Waals surface area contributed by atoms with Crippen molar-refractivity contribution in [1.82, 2.24) is 5.32 Å². The molecule has 4 aromatic rings. The largest absolute Gasteiger partial charge is 0.345 e. The van der Waals surface area contributed by atoms with Crippen molar-refractivity contribution in [1.29, 1.82) is 0 Å². The molecule has 0 spiro atoms. The molecule has 0 aromatic heterocycles. The van der Waals surface area contributed by atoms with Crippen LogP contribution in [0, 0.1) is 20.2 Å². The summed E-state index contributed by atoms with van der Waals surface area (Å²) < 4.78 is 0. The molecule has 1 aliphatic carbocycles. The van der Waals surface area contributed by atoms with Gasteiger partial charge in [0.1, 0.15) is 0 Å². The van der Waals surface area contributed by atoms with Crippen molar-refractivity contribution < 1.29 is 14.6 Å². The Kier molecular flexibility index (Phi) is 4.97. The summed E-state index contributed by atoms with van der Waals surface area (Å²) in [5.74, 6) is -0.572. The van der Waals surface area contributed by atoms with Crippen molar-refractivity contribution in [3.05, 3.63) is 104 Å². The van der Waals surface area contributed by atoms with Crippen molar-refractivity contribution in [3.8, 4) is 0 Å². The molecule has 1 unspecified atom stereocenters. The number of nitrogens with one attached hydrogen (secondary N) is 1. The van der Waals surface area contributed by atoms with Crippen LogP contribution in [0.1, 0.15) is 40.4 Å². The van der Waals surface area contributed by atoms with Crippen molar-refractivity contribution in [3.63, 3.8) is 0 Å². The molecule has 0 aliphatic heterocycles. The van der Waals surface area contributed by atoms with Gasteiger partial charge in [0, 0.05) is 12.1 Å². The molecule has 0 fully saturated rings. The van der Waals surface area contributed by atoms with Gasteiger partial charge in [-0.15, -0.1) is 0 Å². The average Bonchev–Trinajstić information content (AvgIpc) is 2.83. The molecule has 1 amide bonds. The first-order valence-corrected chi connectivity index (χ1v) is 10.6. The fourth-order valence-electron chi connectivity index (χ4n) is 4.75. The van der Waals surface area contributed by atoms with Gasteiger partial charge < -0.3 is 5.32 Å². The number of carbonyl (C=O) groups excluding carboxylic acids is 1. The highest BCUT2D eigenvalue weighted by molar-refractivity contribution is 6.09. The van der Waals surface area contributed by atoms with Gasteiger partial charge in [0.15, 0.2) is 0 Å². The number of hydrogen-bond acceptors (Lipinski definition) is 5. The van der Waals surface area contributed by atoms with Crippen LogP contribution >= 0.6 is 0 Å². The number of fused-ring (bicyclic) bond motifs is 5. The molecular formula is C25H19N3O5. The number of aryl methyl sites for hydroxylation is 1. The van der Waals surface area contributed by atoms with Gasteiger partial charge >= 0.3 is 0 Å². The van der Waals surface area contributed by atoms with Crippen LogP contribution in [0.25, 0.3) is 21.5 Å². The summed E-state index contributed by atoms with van der Waals surface area (Å²) in [5, 5.41) is 29.8. The number of carbonyl (C=O) groups is 1. The molecule has 8 heteroatoms. The summed E-state index contributed by atoms with van der Waals surface area (Å²) in [4.78, 5) is 34.0. The van der Waals surface area contributed by atoms with Crippen molar-refractivity contribution in [2.75, 3.05) is 0 Å². The van der Waals surface area contributed by atoms with E-state index < -0.39 is 27.1 Å². The number of nitro benzene ring substituents is 2. The van der Waals surface area contributed by atoms with E-state index in [9.17, 15) is 25.0 Å². The number of hydrogen-bond donors (Lipinski definition) is 1. The summed E-state index contributed by atoms with van der Waals surface area (Å²) >= 11 is 0. The lowest BCUT2D eigenvalue weighted by Gasteiger charge is -2.28. The number of non-ortho nitro benzene ring substituents is 2. The lowest BCUT2D eigenvalue weighted by Crippen LogP contribution is -2.31. The maximum absolute atomic E-state index is 13.1. The fourth-order valence-corrected chi connectivity index (χ4v) is 4.75. The summed E-state index contributed by atoms with van der Waals surface area (Å²) in [5.41, 5.74) is 1.11. The van der Waals surface area contributed by atoms with E-state index in [-0.39, 0.29) is 11.6 Å². The fraction of sp³-hybridized carbons (Fsp3) is 0.160. The minimum absolute atomic E-state index is 0.103. The number of amides is 1. The monoisotopic (exact) mass is 441 g/mol. The molecular weight excluding hydrogens is 422 g/mol. The highest BCUT2D eigenvalue weighted by atomic mass is 16.6. The second-order valence-electron chi connectivity index (χ2n) is 8.19. The molecule has 1 N–H and O–H groups in total. The SMILES string of the molecule is O=C(NC1CCCc2ccc3c(ccc4ccccc43)c21)c1cc([N+](=O)[O-])cc([N+](=O)[O-])c1. The Bertz CT molecular complexity index is 1430. The van der Waals surface area contributed by atoms with E-state index in [1.165, 1.54) is 0 Å². The van der Waals surface area contributed by atoms with Crippen LogP contribution in [-0.4, -0.2) is 15.8 Å². The Balaban J connectivity index is 1.57. The van der Waals surface area contributed by atoms with Gasteiger partial charge in [0.05, 0.1) is 27.5 Å². The number of benzene rings is 4. The highest BCUT2D eigenvalue weighted by Gasteiger charge is 2.26. The van der Waals surface area contributed by atoms with Gasteiger partial charge in [-0.05, 0) is 51.9 Å². The molecule has 0 saturated carbocycles. The van der Waals surface area contributed by atoms with Crippen LogP contribution < -0.4 is 5.32 Å². The van der Waals surface area contributed by atoms with Crippen molar-refractivity contribution in [2.24, 2.45) is 0 Å². The second kappa shape index (κ2) is 7.98. The molecule has 164 valence electrons. The van der Waals surface area contributed by atoms with Crippen LogP contribution in [-0.2, 0) is 6.42 Å². The number of nitrogens with zero attached hydrogens (tertiary/aromatic N) is 2. The minimum Gasteiger partial charge on any atom is -0.345 e. The molecule has 4 aromatic carbocycles. The Morgan fingerprint density at radius 2 is 1.55 bits per heavy atom. The van der Waals surface area contributed by atoms with Crippen LogP contribution in [0.4, 0.5) is 11.4 Å². The van der Waals surface area contributed by atoms with E-state index in [0.29, 0.717) is 6.42 Å². The summed E-state index contributed by atoms with van der Waals surface area (Å²) in [6.07, 6.45) is 2.49. The Hall–Kier alpha value is -4.33. The molecule has 0 radical (unpaired) electrons. The van der Waals surface area contributed by atoms with E-state index in [4.69, 9.17) is 0 Å². The van der Waals surface area contributed by atoms with Gasteiger partial charge in [-0.2, -0.15) is 0 Å². The van der Waals surface area contributed by atoms with Gasteiger partial charge in [0.2, 0.25) is 0 Å². The van der Waals surface area contributed by atoms with Gasteiger partial charge in [-0.3, -0.25) is 25.0 Å².